The van der Waals surface area contributed by atoms with E-state index in [1.807, 2.05) is 0 Å². The van der Waals surface area contributed by atoms with Crippen LogP contribution < -0.4 is 5.32 Å². The first kappa shape index (κ1) is 15.0. The summed E-state index contributed by atoms with van der Waals surface area (Å²) in [5.41, 5.74) is -1.46. The van der Waals surface area contributed by atoms with Gasteiger partial charge in [0.2, 0.25) is 0 Å². The van der Waals surface area contributed by atoms with Crippen LogP contribution >= 0.6 is 15.9 Å². The molecule has 0 atom stereocenters. The molecule has 1 heterocycles. The fraction of sp³-hybridized carbons (Fsp3) is 0. The number of rotatable bonds is 3. The number of aromatic nitrogens is 1. The minimum atomic E-state index is -1.23. The first-order valence-electron chi connectivity index (χ1n) is 5.45. The number of pyridine rings is 1. The zero-order valence-corrected chi connectivity index (χ0v) is 11.7. The van der Waals surface area contributed by atoms with E-state index in [0.717, 1.165) is 0 Å². The van der Waals surface area contributed by atoms with Crippen molar-refractivity contribution in [2.45, 2.75) is 0 Å². The summed E-state index contributed by atoms with van der Waals surface area (Å²) in [6.45, 7) is 0. The Morgan fingerprint density at radius 3 is 2.67 bits per heavy atom. The maximum Gasteiger partial charge on any atom is 0.298 e. The molecule has 2 aromatic rings. The van der Waals surface area contributed by atoms with E-state index in [9.17, 15) is 23.7 Å². The Kier molecular flexibility index (Phi) is 4.22. The van der Waals surface area contributed by atoms with E-state index in [-0.39, 0.29) is 5.56 Å². The van der Waals surface area contributed by atoms with Gasteiger partial charge in [-0.15, -0.1) is 0 Å². The molecule has 0 saturated heterocycles. The van der Waals surface area contributed by atoms with Crippen molar-refractivity contribution in [2.24, 2.45) is 0 Å². The molecule has 1 amide bonds. The normalized spacial score (nSPS) is 10.2. The molecule has 108 valence electrons. The topological polar surface area (TPSA) is 85.1 Å². The third-order valence-corrected chi connectivity index (χ3v) is 2.89. The molecule has 1 N–H and O–H groups in total. The van der Waals surface area contributed by atoms with E-state index < -0.39 is 33.8 Å². The van der Waals surface area contributed by atoms with Crippen LogP contribution in [-0.4, -0.2) is 15.8 Å². The highest BCUT2D eigenvalue weighted by atomic mass is 79.9. The molecule has 0 spiro atoms. The lowest BCUT2D eigenvalue weighted by Crippen LogP contribution is -2.15. The van der Waals surface area contributed by atoms with E-state index in [1.165, 1.54) is 18.3 Å². The average Bonchev–Trinajstić information content (AvgIpc) is 2.41. The van der Waals surface area contributed by atoms with Crippen LogP contribution in [0.3, 0.4) is 0 Å². The summed E-state index contributed by atoms with van der Waals surface area (Å²) in [4.78, 5) is 25.6. The van der Waals surface area contributed by atoms with Gasteiger partial charge in [-0.1, -0.05) is 0 Å². The number of anilines is 1. The van der Waals surface area contributed by atoms with Gasteiger partial charge in [-0.05, 0) is 28.1 Å². The van der Waals surface area contributed by atoms with Gasteiger partial charge >= 0.3 is 0 Å². The van der Waals surface area contributed by atoms with Crippen LogP contribution in [0.4, 0.5) is 20.2 Å². The number of amides is 1. The zero-order valence-electron chi connectivity index (χ0n) is 10.1. The highest BCUT2D eigenvalue weighted by Gasteiger charge is 2.22. The minimum Gasteiger partial charge on any atom is -0.314 e. The fourth-order valence-corrected chi connectivity index (χ4v) is 1.92. The molecule has 0 unspecified atom stereocenters. The number of hydrogen-bond acceptors (Lipinski definition) is 4. The van der Waals surface area contributed by atoms with Crippen molar-refractivity contribution in [3.05, 3.63) is 62.4 Å². The van der Waals surface area contributed by atoms with Crippen LogP contribution in [0.25, 0.3) is 0 Å². The predicted octanol–water partition coefficient (Wildman–Crippen LogP) is 3.28. The summed E-state index contributed by atoms with van der Waals surface area (Å²) in [5.74, 6) is -3.13. The van der Waals surface area contributed by atoms with Gasteiger partial charge in [0, 0.05) is 17.8 Å². The number of nitrogens with zero attached hydrogens (tertiary/aromatic N) is 2. The molecule has 0 aliphatic carbocycles. The number of hydrogen-bond donors (Lipinski definition) is 1. The molecule has 0 bridgehead atoms. The first-order chi connectivity index (χ1) is 9.88. The van der Waals surface area contributed by atoms with Crippen molar-refractivity contribution in [3.8, 4) is 0 Å². The smallest absolute Gasteiger partial charge is 0.298 e. The summed E-state index contributed by atoms with van der Waals surface area (Å²) in [7, 11) is 0. The highest BCUT2D eigenvalue weighted by Crippen LogP contribution is 2.29. The number of halogens is 3. The molecule has 0 fully saturated rings. The van der Waals surface area contributed by atoms with Gasteiger partial charge < -0.3 is 5.32 Å². The van der Waals surface area contributed by atoms with Gasteiger partial charge in [-0.3, -0.25) is 14.9 Å². The summed E-state index contributed by atoms with van der Waals surface area (Å²) in [6.07, 6.45) is 1.33. The maximum atomic E-state index is 13.6. The van der Waals surface area contributed by atoms with Gasteiger partial charge in [-0.2, -0.15) is 0 Å². The zero-order chi connectivity index (χ0) is 15.6. The molecule has 2 rings (SSSR count). The fourth-order valence-electron chi connectivity index (χ4n) is 1.56. The number of benzene rings is 1. The van der Waals surface area contributed by atoms with Crippen molar-refractivity contribution in [1.82, 2.24) is 4.98 Å². The summed E-state index contributed by atoms with van der Waals surface area (Å²) < 4.78 is 27.0. The first-order valence-corrected chi connectivity index (χ1v) is 6.24. The number of carbonyl (C=O) groups excluding carboxylic acids is 1. The van der Waals surface area contributed by atoms with Gasteiger partial charge in [0.15, 0.2) is 11.5 Å². The van der Waals surface area contributed by atoms with Crippen molar-refractivity contribution in [3.63, 3.8) is 0 Å². The number of carbonyl (C=O) groups is 1. The Balaban J connectivity index is 2.39. The minimum absolute atomic E-state index is 0.106. The van der Waals surface area contributed by atoms with E-state index in [1.54, 1.807) is 0 Å². The third-order valence-electron chi connectivity index (χ3n) is 2.46. The second kappa shape index (κ2) is 5.92. The standard InChI is InChI=1S/C12H6BrF2N3O3/c13-10-3-6(1-2-16-10)12(19)17-11-8(15)4-7(14)5-9(11)18(20)21/h1-5H,(H,17,19). The molecule has 0 aliphatic rings. The average molecular weight is 358 g/mol. The molecule has 1 aromatic heterocycles. The Morgan fingerprint density at radius 2 is 2.05 bits per heavy atom. The van der Waals surface area contributed by atoms with Crippen LogP contribution in [0.1, 0.15) is 10.4 Å². The number of nitro benzene ring substituents is 1. The quantitative estimate of drug-likeness (QED) is 0.518. The summed E-state index contributed by atoms with van der Waals surface area (Å²) in [5, 5.41) is 12.9. The summed E-state index contributed by atoms with van der Waals surface area (Å²) in [6, 6.07) is 3.67. The highest BCUT2D eigenvalue weighted by molar-refractivity contribution is 9.10. The lowest BCUT2D eigenvalue weighted by atomic mass is 10.2. The lowest BCUT2D eigenvalue weighted by molar-refractivity contribution is -0.384. The van der Waals surface area contributed by atoms with Crippen molar-refractivity contribution < 1.29 is 18.5 Å². The molecular weight excluding hydrogens is 352 g/mol. The molecule has 0 aliphatic heterocycles. The van der Waals surface area contributed by atoms with E-state index >= 15 is 0 Å². The monoisotopic (exact) mass is 357 g/mol. The van der Waals surface area contributed by atoms with E-state index in [2.05, 4.69) is 26.2 Å². The summed E-state index contributed by atoms with van der Waals surface area (Å²) >= 11 is 3.05. The largest absolute Gasteiger partial charge is 0.314 e. The predicted molar refractivity (Wildman–Crippen MR) is 72.9 cm³/mol. The van der Waals surface area contributed by atoms with E-state index in [0.29, 0.717) is 16.7 Å². The molecule has 6 nitrogen and oxygen atoms in total. The van der Waals surface area contributed by atoms with Gasteiger partial charge in [-0.25, -0.2) is 13.8 Å². The maximum absolute atomic E-state index is 13.6. The van der Waals surface area contributed by atoms with Crippen LogP contribution in [-0.2, 0) is 0 Å². The van der Waals surface area contributed by atoms with Gasteiger partial charge in [0.05, 0.1) is 11.0 Å². The second-order valence-electron chi connectivity index (χ2n) is 3.86. The van der Waals surface area contributed by atoms with Crippen molar-refractivity contribution >= 4 is 33.2 Å². The van der Waals surface area contributed by atoms with Gasteiger partial charge in [0.25, 0.3) is 11.6 Å². The molecule has 21 heavy (non-hydrogen) atoms. The Bertz CT molecular complexity index is 740. The Morgan fingerprint density at radius 1 is 1.33 bits per heavy atom. The molecule has 0 saturated carbocycles. The lowest BCUT2D eigenvalue weighted by Gasteiger charge is -2.07. The molecular formula is C12H6BrF2N3O3. The number of nitrogens with one attached hydrogen (secondary N) is 1. The molecule has 1 aromatic carbocycles. The van der Waals surface area contributed by atoms with Crippen molar-refractivity contribution in [1.29, 1.82) is 0 Å². The Hall–Kier alpha value is -2.42. The van der Waals surface area contributed by atoms with Crippen LogP contribution in [0, 0.1) is 21.7 Å². The van der Waals surface area contributed by atoms with E-state index in [4.69, 9.17) is 0 Å². The number of nitro groups is 1. The Labute approximate surface area is 125 Å². The third kappa shape index (κ3) is 3.37. The second-order valence-corrected chi connectivity index (χ2v) is 4.67. The van der Waals surface area contributed by atoms with Crippen molar-refractivity contribution in [2.75, 3.05) is 5.32 Å². The molecule has 9 heteroatoms. The van der Waals surface area contributed by atoms with Crippen LogP contribution in [0.5, 0.6) is 0 Å². The SMILES string of the molecule is O=C(Nc1c(F)cc(F)cc1[N+](=O)[O-])c1ccnc(Br)c1. The van der Waals surface area contributed by atoms with Gasteiger partial charge in [0.1, 0.15) is 10.4 Å². The molecule has 0 radical (unpaired) electrons. The van der Waals surface area contributed by atoms with Crippen LogP contribution in [0.2, 0.25) is 0 Å². The van der Waals surface area contributed by atoms with Crippen LogP contribution in [0.15, 0.2) is 35.1 Å².